The molecule has 7 N–H and O–H groups in total. The van der Waals surface area contributed by atoms with E-state index in [0.717, 1.165) is 0 Å². The number of phosphoric acid groups is 1. The van der Waals surface area contributed by atoms with Gasteiger partial charge in [-0.25, -0.2) is 9.36 Å². The van der Waals surface area contributed by atoms with Crippen molar-refractivity contribution in [3.8, 4) is 0 Å². The Morgan fingerprint density at radius 1 is 1.00 bits per heavy atom. The van der Waals surface area contributed by atoms with E-state index in [1.165, 1.54) is 0 Å². The number of aliphatic carboxylic acids is 3. The number of carboxylic acid groups (broad SMARTS) is 3. The standard InChI is InChI=1S/C6H9O10P.2Na.H2O.2H/c7-3(8)1-6(5(11)12,2-4(9)10)16-17(13,14)15;;;;;/h1-2H2,(H,7,8)(H,9,10)(H,11,12)(H2,13,14,15);;;1H2;;/q;2*+1;;2*-1. The van der Waals surface area contributed by atoms with Gasteiger partial charge in [-0.05, 0) is 0 Å². The Balaban J connectivity index is -0.000000128. The Morgan fingerprint density at radius 2 is 1.30 bits per heavy atom. The van der Waals surface area contributed by atoms with Crippen molar-refractivity contribution in [1.29, 1.82) is 0 Å². The molecule has 0 radical (unpaired) electrons. The van der Waals surface area contributed by atoms with E-state index in [1.807, 2.05) is 0 Å². The average molecular weight is 338 g/mol. The van der Waals surface area contributed by atoms with E-state index in [-0.39, 0.29) is 67.4 Å². The molecule has 0 aromatic heterocycles. The minimum absolute atomic E-state index is 0. The first-order valence-corrected chi connectivity index (χ1v) is 5.45. The molecule has 0 heterocycles. The van der Waals surface area contributed by atoms with E-state index in [1.54, 1.807) is 0 Å². The van der Waals surface area contributed by atoms with Crippen LogP contribution in [0.3, 0.4) is 0 Å². The fraction of sp³-hybridized carbons (Fsp3) is 0.500. The zero-order valence-electron chi connectivity index (χ0n) is 12.6. The molecule has 0 bridgehead atoms. The SMILES string of the molecule is O.O=C(O)CC(CC(=O)O)(OP(=O)(O)O)C(=O)O.[H-].[H-].[Na+].[Na+]. The van der Waals surface area contributed by atoms with Gasteiger partial charge in [-0.3, -0.25) is 14.1 Å². The van der Waals surface area contributed by atoms with Gasteiger partial charge in [0, 0.05) is 0 Å². The Labute approximate surface area is 159 Å². The molecule has 0 saturated carbocycles. The van der Waals surface area contributed by atoms with Gasteiger partial charge >= 0.3 is 84.8 Å². The molecule has 14 heteroatoms. The van der Waals surface area contributed by atoms with Gasteiger partial charge in [0.25, 0.3) is 0 Å². The van der Waals surface area contributed by atoms with Crippen LogP contribution < -0.4 is 59.1 Å². The number of hydrogen-bond donors (Lipinski definition) is 5. The van der Waals surface area contributed by atoms with Gasteiger partial charge < -0.3 is 33.4 Å². The van der Waals surface area contributed by atoms with Crippen LogP contribution in [0.5, 0.6) is 0 Å². The Morgan fingerprint density at radius 3 is 1.45 bits per heavy atom. The van der Waals surface area contributed by atoms with Gasteiger partial charge in [0.1, 0.15) is 0 Å². The molecule has 110 valence electrons. The van der Waals surface area contributed by atoms with Gasteiger partial charge in [-0.2, -0.15) is 0 Å². The van der Waals surface area contributed by atoms with Crippen molar-refractivity contribution >= 4 is 25.7 Å². The predicted octanol–water partition coefficient (Wildman–Crippen LogP) is -7.72. The minimum Gasteiger partial charge on any atom is -1.00 e. The summed E-state index contributed by atoms with van der Waals surface area (Å²) in [6, 6.07) is 0. The first-order valence-electron chi connectivity index (χ1n) is 3.92. The van der Waals surface area contributed by atoms with Crippen molar-refractivity contribution in [3.63, 3.8) is 0 Å². The number of hydrogen-bond acceptors (Lipinski definition) is 5. The summed E-state index contributed by atoms with van der Waals surface area (Å²) in [5, 5.41) is 25.5. The molecular weight excluding hydrogens is 325 g/mol. The van der Waals surface area contributed by atoms with E-state index in [2.05, 4.69) is 4.52 Å². The molecular formula is C6H13Na2O11P. The summed E-state index contributed by atoms with van der Waals surface area (Å²) in [6.07, 6.45) is -2.81. The molecule has 0 amide bonds. The topological polar surface area (TPSA) is 210 Å². The normalized spacial score (nSPS) is 10.3. The summed E-state index contributed by atoms with van der Waals surface area (Å²) >= 11 is 0. The molecule has 20 heavy (non-hydrogen) atoms. The zero-order chi connectivity index (χ0) is 13.9. The second-order valence-corrected chi connectivity index (χ2v) is 4.19. The number of rotatable bonds is 7. The maximum Gasteiger partial charge on any atom is 1.00 e. The second-order valence-electron chi connectivity index (χ2n) is 3.02. The van der Waals surface area contributed by atoms with E-state index in [9.17, 15) is 18.9 Å². The molecule has 0 aromatic rings. The second kappa shape index (κ2) is 11.1. The summed E-state index contributed by atoms with van der Waals surface area (Å²) in [6.45, 7) is 0. The third-order valence-electron chi connectivity index (χ3n) is 1.56. The summed E-state index contributed by atoms with van der Waals surface area (Å²) in [5.41, 5.74) is -3.02. The van der Waals surface area contributed by atoms with E-state index >= 15 is 0 Å². The van der Waals surface area contributed by atoms with Crippen LogP contribution in [-0.2, 0) is 23.5 Å². The molecule has 11 nitrogen and oxygen atoms in total. The Hall–Kier alpha value is 0.480. The summed E-state index contributed by atoms with van der Waals surface area (Å²) in [4.78, 5) is 48.5. The Bertz CT molecular complexity index is 384. The van der Waals surface area contributed by atoms with Crippen LogP contribution in [-0.4, -0.2) is 54.1 Å². The van der Waals surface area contributed by atoms with Gasteiger partial charge in [0.2, 0.25) is 0 Å². The Kier molecular flexibility index (Phi) is 15.9. The van der Waals surface area contributed by atoms with E-state index in [0.29, 0.717) is 0 Å². The third kappa shape index (κ3) is 11.2. The number of phosphoric ester groups is 1. The molecule has 0 rings (SSSR count). The molecule has 0 unspecified atom stereocenters. The zero-order valence-corrected chi connectivity index (χ0v) is 15.5. The van der Waals surface area contributed by atoms with Crippen LogP contribution in [0.1, 0.15) is 15.7 Å². The number of carboxylic acids is 3. The molecule has 0 saturated heterocycles. The fourth-order valence-electron chi connectivity index (χ4n) is 1.03. The minimum atomic E-state index is -5.36. The van der Waals surface area contributed by atoms with Crippen molar-refractivity contribution < 1.29 is 116 Å². The van der Waals surface area contributed by atoms with Crippen molar-refractivity contribution in [3.05, 3.63) is 0 Å². The smallest absolute Gasteiger partial charge is 1.00 e. The number of carbonyl (C=O) groups is 3. The van der Waals surface area contributed by atoms with Crippen molar-refractivity contribution in [2.75, 3.05) is 0 Å². The molecule has 0 aliphatic carbocycles. The van der Waals surface area contributed by atoms with Crippen molar-refractivity contribution in [2.45, 2.75) is 18.4 Å². The van der Waals surface area contributed by atoms with Crippen LogP contribution in [0.25, 0.3) is 0 Å². The summed E-state index contributed by atoms with van der Waals surface area (Å²) in [7, 11) is -5.36. The quantitative estimate of drug-likeness (QED) is 0.218. The van der Waals surface area contributed by atoms with Gasteiger partial charge in [0.05, 0.1) is 12.8 Å². The molecule has 0 atom stereocenters. The predicted molar refractivity (Wildman–Crippen MR) is 53.8 cm³/mol. The van der Waals surface area contributed by atoms with Gasteiger partial charge in [-0.1, -0.05) is 0 Å². The first kappa shape index (κ1) is 28.6. The maximum atomic E-state index is 10.8. The maximum absolute atomic E-state index is 10.8. The van der Waals surface area contributed by atoms with Crippen LogP contribution in [0.4, 0.5) is 0 Å². The molecule has 0 fully saturated rings. The van der Waals surface area contributed by atoms with Gasteiger partial charge in [-0.15, -0.1) is 0 Å². The molecule has 0 aliphatic rings. The third-order valence-corrected chi connectivity index (χ3v) is 2.14. The molecule has 0 spiro atoms. The van der Waals surface area contributed by atoms with E-state index in [4.69, 9.17) is 25.1 Å². The summed E-state index contributed by atoms with van der Waals surface area (Å²) < 4.78 is 14.4. The van der Waals surface area contributed by atoms with Crippen LogP contribution in [0.2, 0.25) is 0 Å². The summed E-state index contributed by atoms with van der Waals surface area (Å²) in [5.74, 6) is -5.64. The first-order chi connectivity index (χ1) is 7.48. The van der Waals surface area contributed by atoms with E-state index < -0.39 is 44.2 Å². The van der Waals surface area contributed by atoms with Gasteiger partial charge in [0.15, 0.2) is 5.60 Å². The van der Waals surface area contributed by atoms with Crippen LogP contribution >= 0.6 is 7.82 Å². The largest absolute Gasteiger partial charge is 1.00 e. The fourth-order valence-corrected chi connectivity index (χ4v) is 1.70. The average Bonchev–Trinajstić information content (AvgIpc) is 1.96. The van der Waals surface area contributed by atoms with Crippen molar-refractivity contribution in [2.24, 2.45) is 0 Å². The van der Waals surface area contributed by atoms with Crippen molar-refractivity contribution in [1.82, 2.24) is 0 Å². The van der Waals surface area contributed by atoms with Crippen LogP contribution in [0, 0.1) is 0 Å². The van der Waals surface area contributed by atoms with Crippen LogP contribution in [0.15, 0.2) is 0 Å². The monoisotopic (exact) mass is 338 g/mol. The molecule has 0 aliphatic heterocycles. The molecule has 0 aromatic carbocycles.